The summed E-state index contributed by atoms with van der Waals surface area (Å²) in [6.07, 6.45) is 1.46. The molecule has 6 heteroatoms. The van der Waals surface area contributed by atoms with Gasteiger partial charge in [-0.2, -0.15) is 5.26 Å². The van der Waals surface area contributed by atoms with E-state index in [2.05, 4.69) is 21.2 Å². The van der Waals surface area contributed by atoms with Gasteiger partial charge in [0.2, 0.25) is 0 Å². The number of hydrogen-bond donors (Lipinski definition) is 2. The standard InChI is InChI=1S/C17H11BrN2O3/c18-14-5-1-3-11(8-14)7-13(10-19)16(21)20-15-6-2-4-12(9-15)17(22)23/h1-9H,(H,20,21)(H,22,23)/b13-7-. The molecule has 0 saturated carbocycles. The molecule has 2 aromatic carbocycles. The number of carboxylic acid groups (broad SMARTS) is 1. The van der Waals surface area contributed by atoms with E-state index in [0.717, 1.165) is 4.47 Å². The third kappa shape index (κ3) is 4.53. The number of carbonyl (C=O) groups excluding carboxylic acids is 1. The van der Waals surface area contributed by atoms with Crippen molar-refractivity contribution in [3.05, 3.63) is 69.7 Å². The van der Waals surface area contributed by atoms with Gasteiger partial charge in [-0.3, -0.25) is 4.79 Å². The number of rotatable bonds is 4. The third-order valence-electron chi connectivity index (χ3n) is 2.89. The number of benzene rings is 2. The molecule has 0 saturated heterocycles. The highest BCUT2D eigenvalue weighted by molar-refractivity contribution is 9.10. The van der Waals surface area contributed by atoms with Crippen LogP contribution >= 0.6 is 15.9 Å². The van der Waals surface area contributed by atoms with Gasteiger partial charge in [-0.1, -0.05) is 34.1 Å². The first-order valence-corrected chi connectivity index (χ1v) is 7.31. The van der Waals surface area contributed by atoms with Gasteiger partial charge in [0.25, 0.3) is 5.91 Å². The molecule has 2 N–H and O–H groups in total. The molecule has 0 aliphatic heterocycles. The number of carboxylic acids is 1. The van der Waals surface area contributed by atoms with Crippen molar-refractivity contribution >= 4 is 39.6 Å². The molecule has 1 amide bonds. The Morgan fingerprint density at radius 1 is 1.17 bits per heavy atom. The van der Waals surface area contributed by atoms with Crippen molar-refractivity contribution in [2.24, 2.45) is 0 Å². The van der Waals surface area contributed by atoms with Crippen LogP contribution in [0.4, 0.5) is 5.69 Å². The highest BCUT2D eigenvalue weighted by Crippen LogP contribution is 2.16. The van der Waals surface area contributed by atoms with Gasteiger partial charge in [0.1, 0.15) is 11.6 Å². The van der Waals surface area contributed by atoms with Crippen molar-refractivity contribution in [1.82, 2.24) is 0 Å². The van der Waals surface area contributed by atoms with Crippen molar-refractivity contribution < 1.29 is 14.7 Å². The van der Waals surface area contributed by atoms with E-state index in [1.807, 2.05) is 12.1 Å². The van der Waals surface area contributed by atoms with Gasteiger partial charge in [0.15, 0.2) is 0 Å². The lowest BCUT2D eigenvalue weighted by Crippen LogP contribution is -2.13. The molecule has 0 radical (unpaired) electrons. The average Bonchev–Trinajstić information content (AvgIpc) is 2.52. The molecular formula is C17H11BrN2O3. The highest BCUT2D eigenvalue weighted by atomic mass is 79.9. The fraction of sp³-hybridized carbons (Fsp3) is 0. The van der Waals surface area contributed by atoms with Crippen LogP contribution in [0.25, 0.3) is 6.08 Å². The normalized spacial score (nSPS) is 10.7. The predicted molar refractivity (Wildman–Crippen MR) is 89.8 cm³/mol. The minimum Gasteiger partial charge on any atom is -0.478 e. The number of carbonyl (C=O) groups is 2. The van der Waals surface area contributed by atoms with E-state index in [1.54, 1.807) is 24.3 Å². The van der Waals surface area contributed by atoms with Gasteiger partial charge in [0.05, 0.1) is 5.56 Å². The molecule has 0 heterocycles. The molecule has 0 atom stereocenters. The summed E-state index contributed by atoms with van der Waals surface area (Å²) in [5, 5.41) is 20.6. The van der Waals surface area contributed by atoms with Gasteiger partial charge < -0.3 is 10.4 Å². The van der Waals surface area contributed by atoms with E-state index in [-0.39, 0.29) is 11.1 Å². The summed E-state index contributed by atoms with van der Waals surface area (Å²) < 4.78 is 0.832. The van der Waals surface area contributed by atoms with E-state index in [4.69, 9.17) is 10.4 Å². The van der Waals surface area contributed by atoms with Gasteiger partial charge >= 0.3 is 5.97 Å². The summed E-state index contributed by atoms with van der Waals surface area (Å²) in [6, 6.07) is 14.8. The minimum absolute atomic E-state index is 0.0530. The van der Waals surface area contributed by atoms with Crippen LogP contribution in [0.3, 0.4) is 0 Å². The van der Waals surface area contributed by atoms with Crippen LogP contribution in [0.2, 0.25) is 0 Å². The third-order valence-corrected chi connectivity index (χ3v) is 3.39. The van der Waals surface area contributed by atoms with E-state index in [1.165, 1.54) is 24.3 Å². The van der Waals surface area contributed by atoms with Crippen molar-refractivity contribution in [3.63, 3.8) is 0 Å². The Labute approximate surface area is 141 Å². The Balaban J connectivity index is 2.23. The molecule has 23 heavy (non-hydrogen) atoms. The molecule has 0 unspecified atom stereocenters. The Morgan fingerprint density at radius 2 is 1.91 bits per heavy atom. The number of anilines is 1. The molecule has 114 valence electrons. The zero-order chi connectivity index (χ0) is 16.8. The lowest BCUT2D eigenvalue weighted by atomic mass is 10.1. The van der Waals surface area contributed by atoms with Crippen LogP contribution in [0.15, 0.2) is 58.6 Å². The molecular weight excluding hydrogens is 360 g/mol. The molecule has 0 spiro atoms. The lowest BCUT2D eigenvalue weighted by Gasteiger charge is -2.05. The van der Waals surface area contributed by atoms with Crippen molar-refractivity contribution in [1.29, 1.82) is 5.26 Å². The summed E-state index contributed by atoms with van der Waals surface area (Å²) in [6.45, 7) is 0. The van der Waals surface area contributed by atoms with E-state index in [9.17, 15) is 9.59 Å². The summed E-state index contributed by atoms with van der Waals surface area (Å²) in [5.41, 5.74) is 0.983. The maximum atomic E-state index is 12.2. The molecule has 2 aromatic rings. The molecule has 0 fully saturated rings. The number of amides is 1. The number of hydrogen-bond acceptors (Lipinski definition) is 3. The monoisotopic (exact) mass is 370 g/mol. The van der Waals surface area contributed by atoms with Gasteiger partial charge in [-0.15, -0.1) is 0 Å². The highest BCUT2D eigenvalue weighted by Gasteiger charge is 2.11. The van der Waals surface area contributed by atoms with E-state index in [0.29, 0.717) is 11.3 Å². The second kappa shape index (κ2) is 7.38. The molecule has 0 bridgehead atoms. The maximum absolute atomic E-state index is 12.2. The summed E-state index contributed by atoms with van der Waals surface area (Å²) in [4.78, 5) is 23.1. The molecule has 5 nitrogen and oxygen atoms in total. The first-order chi connectivity index (χ1) is 11.0. The SMILES string of the molecule is N#C/C(=C/c1cccc(Br)c1)C(=O)Nc1cccc(C(=O)O)c1. The van der Waals surface area contributed by atoms with E-state index >= 15 is 0 Å². The average molecular weight is 371 g/mol. The van der Waals surface area contributed by atoms with Crippen LogP contribution in [0.5, 0.6) is 0 Å². The van der Waals surface area contributed by atoms with Crippen LogP contribution in [0.1, 0.15) is 15.9 Å². The summed E-state index contributed by atoms with van der Waals surface area (Å²) in [7, 11) is 0. The summed E-state index contributed by atoms with van der Waals surface area (Å²) in [5.74, 6) is -1.69. The molecule has 2 rings (SSSR count). The van der Waals surface area contributed by atoms with Crippen LogP contribution in [0, 0.1) is 11.3 Å². The first-order valence-electron chi connectivity index (χ1n) is 6.51. The number of aromatic carboxylic acids is 1. The van der Waals surface area contributed by atoms with E-state index < -0.39 is 11.9 Å². The number of nitrogens with one attached hydrogen (secondary N) is 1. The minimum atomic E-state index is -1.09. The quantitative estimate of drug-likeness (QED) is 0.634. The first kappa shape index (κ1) is 16.5. The largest absolute Gasteiger partial charge is 0.478 e. The Hall–Kier alpha value is -2.91. The van der Waals surface area contributed by atoms with Crippen molar-refractivity contribution in [2.45, 2.75) is 0 Å². The predicted octanol–water partition coefficient (Wildman–Crippen LogP) is 3.69. The van der Waals surface area contributed by atoms with Gasteiger partial charge in [0, 0.05) is 10.2 Å². The lowest BCUT2D eigenvalue weighted by molar-refractivity contribution is -0.112. The zero-order valence-electron chi connectivity index (χ0n) is 11.8. The topological polar surface area (TPSA) is 90.2 Å². The Bertz CT molecular complexity index is 838. The van der Waals surface area contributed by atoms with Crippen molar-refractivity contribution in [2.75, 3.05) is 5.32 Å². The number of nitriles is 1. The Kier molecular flexibility index (Phi) is 5.28. The molecule has 0 aliphatic rings. The summed E-state index contributed by atoms with van der Waals surface area (Å²) >= 11 is 3.32. The zero-order valence-corrected chi connectivity index (χ0v) is 13.4. The second-order valence-corrected chi connectivity index (χ2v) is 5.48. The fourth-order valence-electron chi connectivity index (χ4n) is 1.84. The molecule has 0 aromatic heterocycles. The van der Waals surface area contributed by atoms with Crippen LogP contribution in [-0.2, 0) is 4.79 Å². The fourth-order valence-corrected chi connectivity index (χ4v) is 2.26. The molecule has 0 aliphatic carbocycles. The van der Waals surface area contributed by atoms with Gasteiger partial charge in [-0.05, 0) is 42.0 Å². The number of halogens is 1. The number of nitrogens with zero attached hydrogens (tertiary/aromatic N) is 1. The van der Waals surface area contributed by atoms with Crippen LogP contribution in [-0.4, -0.2) is 17.0 Å². The Morgan fingerprint density at radius 3 is 2.57 bits per heavy atom. The van der Waals surface area contributed by atoms with Crippen LogP contribution < -0.4 is 5.32 Å². The van der Waals surface area contributed by atoms with Gasteiger partial charge in [-0.25, -0.2) is 4.79 Å². The smallest absolute Gasteiger partial charge is 0.335 e. The maximum Gasteiger partial charge on any atom is 0.335 e. The second-order valence-electron chi connectivity index (χ2n) is 4.56. The van der Waals surface area contributed by atoms with Crippen molar-refractivity contribution in [3.8, 4) is 6.07 Å².